The molecule has 4 fully saturated rings. The summed E-state index contributed by atoms with van der Waals surface area (Å²) in [5.41, 5.74) is 2.24. The lowest BCUT2D eigenvalue weighted by Crippen LogP contribution is -2.58. The lowest BCUT2D eigenvalue weighted by Gasteiger charge is -2.64. The maximum Gasteiger partial charge on any atom is 0.312 e. The van der Waals surface area contributed by atoms with Gasteiger partial charge in [-0.3, -0.25) is 4.79 Å². The van der Waals surface area contributed by atoms with Gasteiger partial charge >= 0.3 is 5.97 Å². The first-order valence-electron chi connectivity index (χ1n) is 13.4. The van der Waals surface area contributed by atoms with Crippen LogP contribution < -0.4 is 0 Å². The SMILES string of the molecule is CCOC(=O)[C@]1(C)CCC[C@@]2(C)[C@@H]3CC[C@@]4(C)C[C@]3(CC[C@@H]21)C/C4=N\OCc1cc(Cl)ccc1Cl. The fourth-order valence-corrected chi connectivity index (χ4v) is 9.41. The molecule has 0 radical (unpaired) electrons. The molecule has 0 aromatic heterocycles. The molecule has 6 atom stereocenters. The lowest BCUT2D eigenvalue weighted by molar-refractivity contribution is -0.187. The van der Waals surface area contributed by atoms with Crippen LogP contribution in [0.5, 0.6) is 0 Å². The van der Waals surface area contributed by atoms with Gasteiger partial charge in [-0.1, -0.05) is 48.6 Å². The fourth-order valence-electron chi connectivity index (χ4n) is 9.04. The number of esters is 1. The molecule has 0 amide bonds. The molecule has 1 aromatic carbocycles. The van der Waals surface area contributed by atoms with Crippen LogP contribution in [-0.4, -0.2) is 18.3 Å². The van der Waals surface area contributed by atoms with Crippen molar-refractivity contribution < 1.29 is 14.4 Å². The van der Waals surface area contributed by atoms with Crippen LogP contribution in [0.25, 0.3) is 0 Å². The van der Waals surface area contributed by atoms with Crippen LogP contribution in [0.1, 0.15) is 91.0 Å². The maximum atomic E-state index is 13.1. The van der Waals surface area contributed by atoms with Crippen LogP contribution >= 0.6 is 23.2 Å². The molecule has 6 heteroatoms. The summed E-state index contributed by atoms with van der Waals surface area (Å²) in [6.45, 7) is 9.77. The monoisotopic (exact) mass is 519 g/mol. The average molecular weight is 521 g/mol. The Morgan fingerprint density at radius 3 is 2.63 bits per heavy atom. The molecule has 1 aromatic rings. The molecule has 1 spiro atoms. The van der Waals surface area contributed by atoms with Gasteiger partial charge in [0.05, 0.1) is 17.7 Å². The Labute approximate surface area is 220 Å². The van der Waals surface area contributed by atoms with Crippen LogP contribution in [0.3, 0.4) is 0 Å². The van der Waals surface area contributed by atoms with E-state index < -0.39 is 0 Å². The topological polar surface area (TPSA) is 47.9 Å². The van der Waals surface area contributed by atoms with Gasteiger partial charge in [0, 0.05) is 21.0 Å². The van der Waals surface area contributed by atoms with Gasteiger partial charge in [-0.15, -0.1) is 0 Å². The molecule has 192 valence electrons. The Balaban J connectivity index is 1.38. The van der Waals surface area contributed by atoms with E-state index in [0.29, 0.717) is 35.1 Å². The van der Waals surface area contributed by atoms with Crippen molar-refractivity contribution in [2.24, 2.45) is 38.7 Å². The first kappa shape index (κ1) is 25.4. The maximum absolute atomic E-state index is 13.1. The first-order valence-corrected chi connectivity index (χ1v) is 14.1. The largest absolute Gasteiger partial charge is 0.466 e. The highest BCUT2D eigenvalue weighted by Gasteiger charge is 2.67. The second-order valence-corrected chi connectivity index (χ2v) is 13.3. The molecule has 0 aliphatic heterocycles. The second-order valence-electron chi connectivity index (χ2n) is 12.5. The molecule has 5 rings (SSSR count). The minimum absolute atomic E-state index is 0.0225. The summed E-state index contributed by atoms with van der Waals surface area (Å²) >= 11 is 12.5. The van der Waals surface area contributed by atoms with E-state index >= 15 is 0 Å². The van der Waals surface area contributed by atoms with Gasteiger partial charge in [-0.25, -0.2) is 0 Å². The predicted molar refractivity (Wildman–Crippen MR) is 141 cm³/mol. The van der Waals surface area contributed by atoms with Gasteiger partial charge in [0.2, 0.25) is 0 Å². The number of halogens is 2. The summed E-state index contributed by atoms with van der Waals surface area (Å²) in [5, 5.41) is 6.04. The number of carbonyl (C=O) groups excluding carboxylic acids is 1. The van der Waals surface area contributed by atoms with E-state index in [2.05, 4.69) is 20.8 Å². The minimum Gasteiger partial charge on any atom is -0.466 e. The van der Waals surface area contributed by atoms with Crippen LogP contribution in [0.4, 0.5) is 0 Å². The first-order chi connectivity index (χ1) is 16.6. The highest BCUT2D eigenvalue weighted by atomic mass is 35.5. The van der Waals surface area contributed by atoms with E-state index in [9.17, 15) is 4.79 Å². The smallest absolute Gasteiger partial charge is 0.312 e. The molecular formula is C29H39Cl2NO3. The van der Waals surface area contributed by atoms with Crippen molar-refractivity contribution in [1.29, 1.82) is 0 Å². The van der Waals surface area contributed by atoms with Gasteiger partial charge in [0.25, 0.3) is 0 Å². The Morgan fingerprint density at radius 2 is 1.86 bits per heavy atom. The summed E-state index contributed by atoms with van der Waals surface area (Å²) in [6, 6.07) is 5.44. The van der Waals surface area contributed by atoms with Crippen molar-refractivity contribution in [1.82, 2.24) is 0 Å². The van der Waals surface area contributed by atoms with Crippen LogP contribution in [-0.2, 0) is 21.0 Å². The van der Waals surface area contributed by atoms with E-state index in [1.807, 2.05) is 13.0 Å². The highest BCUT2D eigenvalue weighted by molar-refractivity contribution is 6.33. The van der Waals surface area contributed by atoms with E-state index in [-0.39, 0.29) is 27.6 Å². The summed E-state index contributed by atoms with van der Waals surface area (Å²) in [4.78, 5) is 19.0. The van der Waals surface area contributed by atoms with Crippen LogP contribution in [0, 0.1) is 33.5 Å². The van der Waals surface area contributed by atoms with Crippen molar-refractivity contribution >= 4 is 34.9 Å². The normalized spacial score (nSPS) is 41.3. The van der Waals surface area contributed by atoms with Gasteiger partial charge in [-0.05, 0) is 106 Å². The zero-order valence-electron chi connectivity index (χ0n) is 21.6. The van der Waals surface area contributed by atoms with E-state index in [1.165, 1.54) is 31.4 Å². The van der Waals surface area contributed by atoms with Crippen molar-refractivity contribution in [3.05, 3.63) is 33.8 Å². The molecule has 4 aliphatic carbocycles. The van der Waals surface area contributed by atoms with Gasteiger partial charge in [-0.2, -0.15) is 0 Å². The summed E-state index contributed by atoms with van der Waals surface area (Å²) in [5.74, 6) is 1.03. The Bertz CT molecular complexity index is 1040. The molecule has 2 bridgehead atoms. The zero-order valence-corrected chi connectivity index (χ0v) is 23.1. The minimum atomic E-state index is -0.361. The standard InChI is InChI=1S/C29H39Cl2NO3/c1-5-34-25(33)28(4)12-6-11-27(3)22(28)10-14-29-16-24(26(2,18-29)13-9-23(27)29)32-35-17-19-15-20(30)7-8-21(19)31/h7-8,15,22-23H,5-6,9-14,16-18H2,1-4H3/b32-24+/t22-,23-,26-,27+,28+,29-/m0/s1. The van der Waals surface area contributed by atoms with E-state index in [0.717, 1.165) is 37.7 Å². The van der Waals surface area contributed by atoms with Gasteiger partial charge in [0.15, 0.2) is 0 Å². The number of hydrogen-bond acceptors (Lipinski definition) is 4. The van der Waals surface area contributed by atoms with Crippen LogP contribution in [0.2, 0.25) is 10.0 Å². The molecule has 0 heterocycles. The van der Waals surface area contributed by atoms with Crippen molar-refractivity contribution in [3.63, 3.8) is 0 Å². The quantitative estimate of drug-likeness (QED) is 0.290. The molecule has 0 N–H and O–H groups in total. The average Bonchev–Trinajstić information content (AvgIpc) is 3.00. The predicted octanol–water partition coefficient (Wildman–Crippen LogP) is 8.23. The Hall–Kier alpha value is -1.26. The number of fused-ring (bicyclic) bond motifs is 3. The number of ether oxygens (including phenoxy) is 1. The zero-order chi connectivity index (χ0) is 25.1. The summed E-state index contributed by atoms with van der Waals surface area (Å²) < 4.78 is 5.61. The van der Waals surface area contributed by atoms with E-state index in [4.69, 9.17) is 37.9 Å². The third-order valence-electron chi connectivity index (χ3n) is 10.5. The number of nitrogens with zero attached hydrogens (tertiary/aromatic N) is 1. The summed E-state index contributed by atoms with van der Waals surface area (Å²) in [6.07, 6.45) is 10.1. The fraction of sp³-hybridized carbons (Fsp3) is 0.724. The Morgan fingerprint density at radius 1 is 1.09 bits per heavy atom. The summed E-state index contributed by atoms with van der Waals surface area (Å²) in [7, 11) is 0. The molecule has 0 saturated heterocycles. The number of carbonyl (C=O) groups is 1. The third kappa shape index (κ3) is 4.02. The molecule has 35 heavy (non-hydrogen) atoms. The second kappa shape index (κ2) is 8.94. The molecule has 4 nitrogen and oxygen atoms in total. The number of oxime groups is 1. The van der Waals surface area contributed by atoms with Crippen molar-refractivity contribution in [3.8, 4) is 0 Å². The van der Waals surface area contributed by atoms with Crippen molar-refractivity contribution in [2.75, 3.05) is 6.61 Å². The Kier molecular flexibility index (Phi) is 6.49. The lowest BCUT2D eigenvalue weighted by atomic mass is 9.40. The highest BCUT2D eigenvalue weighted by Crippen LogP contribution is 2.73. The molecule has 0 unspecified atom stereocenters. The third-order valence-corrected chi connectivity index (χ3v) is 11.1. The molecule has 4 saturated carbocycles. The number of hydrogen-bond donors (Lipinski definition) is 0. The van der Waals surface area contributed by atoms with E-state index in [1.54, 1.807) is 12.1 Å². The number of rotatable bonds is 5. The molecular weight excluding hydrogens is 481 g/mol. The molecule has 4 aliphatic rings. The van der Waals surface area contributed by atoms with Gasteiger partial charge < -0.3 is 9.57 Å². The number of benzene rings is 1. The van der Waals surface area contributed by atoms with Gasteiger partial charge in [0.1, 0.15) is 6.61 Å². The van der Waals surface area contributed by atoms with Crippen LogP contribution in [0.15, 0.2) is 23.4 Å². The van der Waals surface area contributed by atoms with Crippen molar-refractivity contribution in [2.45, 2.75) is 92.1 Å².